The van der Waals surface area contributed by atoms with Gasteiger partial charge in [-0.25, -0.2) is 0 Å². The molecule has 0 spiro atoms. The van der Waals surface area contributed by atoms with Crippen molar-refractivity contribution in [2.24, 2.45) is 0 Å². The van der Waals surface area contributed by atoms with Crippen LogP contribution in [0.3, 0.4) is 0 Å². The molecule has 5 heteroatoms. The molecule has 3 rings (SSSR count). The zero-order chi connectivity index (χ0) is 16.8. The van der Waals surface area contributed by atoms with Crippen LogP contribution in [0.25, 0.3) is 0 Å². The fraction of sp³-hybridized carbons (Fsp3) is 0.474. The molecule has 0 amide bonds. The molecule has 0 radical (unpaired) electrons. The Balaban J connectivity index is 1.62. The summed E-state index contributed by atoms with van der Waals surface area (Å²) in [6.07, 6.45) is 3.20. The van der Waals surface area contributed by atoms with Gasteiger partial charge < -0.3 is 10.2 Å². The fourth-order valence-electron chi connectivity index (χ4n) is 3.63. The van der Waals surface area contributed by atoms with E-state index in [1.807, 2.05) is 12.1 Å². The Kier molecular flexibility index (Phi) is 5.36. The van der Waals surface area contributed by atoms with Crippen molar-refractivity contribution in [2.45, 2.75) is 31.8 Å². The van der Waals surface area contributed by atoms with Crippen LogP contribution in [-0.4, -0.2) is 42.0 Å². The molecule has 2 fully saturated rings. The summed E-state index contributed by atoms with van der Waals surface area (Å²) in [7, 11) is 0. The average Bonchev–Trinajstić information content (AvgIpc) is 2.65. The first-order chi connectivity index (χ1) is 11.8. The minimum atomic E-state index is 0.210. The number of piperidine rings is 1. The number of nitrogens with one attached hydrogen (secondary N) is 1. The Labute approximate surface area is 143 Å². The predicted octanol–water partition coefficient (Wildman–Crippen LogP) is 2.21. The molecule has 1 N–H and O–H groups in total. The van der Waals surface area contributed by atoms with Crippen LogP contribution < -0.4 is 5.32 Å². The summed E-state index contributed by atoms with van der Waals surface area (Å²) < 4.78 is 0. The molecule has 1 aromatic carbocycles. The molecule has 0 aliphatic carbocycles. The van der Waals surface area contributed by atoms with Crippen LogP contribution in [0, 0.1) is 22.7 Å². The molecule has 1 aromatic rings. The van der Waals surface area contributed by atoms with Crippen LogP contribution in [0.1, 0.15) is 24.8 Å². The molecule has 24 heavy (non-hydrogen) atoms. The van der Waals surface area contributed by atoms with Crippen LogP contribution in [0.4, 0.5) is 0 Å². The number of nitrogens with zero attached hydrogens (tertiary/aromatic N) is 4. The van der Waals surface area contributed by atoms with Gasteiger partial charge in [-0.3, -0.25) is 4.90 Å². The third kappa shape index (κ3) is 3.69. The van der Waals surface area contributed by atoms with E-state index in [4.69, 9.17) is 0 Å². The maximum atomic E-state index is 9.20. The van der Waals surface area contributed by atoms with E-state index in [-0.39, 0.29) is 5.57 Å². The molecule has 0 saturated carbocycles. The average molecular weight is 321 g/mol. The quantitative estimate of drug-likeness (QED) is 0.865. The van der Waals surface area contributed by atoms with Crippen molar-refractivity contribution in [1.82, 2.24) is 15.1 Å². The number of hydrogen-bond acceptors (Lipinski definition) is 5. The van der Waals surface area contributed by atoms with Crippen LogP contribution in [0.5, 0.6) is 0 Å². The van der Waals surface area contributed by atoms with Gasteiger partial charge in [-0.05, 0) is 24.8 Å². The molecule has 2 saturated heterocycles. The first kappa shape index (κ1) is 16.4. The molecule has 5 nitrogen and oxygen atoms in total. The second-order valence-corrected chi connectivity index (χ2v) is 6.41. The monoisotopic (exact) mass is 321 g/mol. The molecule has 0 aromatic heterocycles. The van der Waals surface area contributed by atoms with E-state index in [1.165, 1.54) is 5.56 Å². The van der Waals surface area contributed by atoms with Gasteiger partial charge in [0.05, 0.1) is 0 Å². The van der Waals surface area contributed by atoms with E-state index in [9.17, 15) is 10.5 Å². The lowest BCUT2D eigenvalue weighted by atomic mass is 10.0. The highest BCUT2D eigenvalue weighted by Gasteiger charge is 2.29. The Morgan fingerprint density at radius 1 is 1.08 bits per heavy atom. The predicted molar refractivity (Wildman–Crippen MR) is 92.3 cm³/mol. The smallest absolute Gasteiger partial charge is 0.169 e. The van der Waals surface area contributed by atoms with E-state index in [1.54, 1.807) is 0 Å². The highest BCUT2D eigenvalue weighted by molar-refractivity contribution is 5.39. The second kappa shape index (κ2) is 7.86. The Morgan fingerprint density at radius 2 is 1.79 bits per heavy atom. The molecule has 2 aliphatic rings. The maximum Gasteiger partial charge on any atom is 0.169 e. The van der Waals surface area contributed by atoms with Crippen molar-refractivity contribution >= 4 is 0 Å². The topological polar surface area (TPSA) is 66.1 Å². The lowest BCUT2D eigenvalue weighted by Crippen LogP contribution is -2.50. The second-order valence-electron chi connectivity index (χ2n) is 6.41. The van der Waals surface area contributed by atoms with Gasteiger partial charge in [0.25, 0.3) is 0 Å². The highest BCUT2D eigenvalue weighted by Crippen LogP contribution is 2.24. The molecule has 124 valence electrons. The van der Waals surface area contributed by atoms with Crippen molar-refractivity contribution in [3.05, 3.63) is 47.3 Å². The molecular weight excluding hydrogens is 298 g/mol. The lowest BCUT2D eigenvalue weighted by molar-refractivity contribution is 0.113. The molecule has 0 unspecified atom stereocenters. The maximum absolute atomic E-state index is 9.20. The van der Waals surface area contributed by atoms with E-state index < -0.39 is 0 Å². The standard InChI is InChI=1S/C19H23N5/c20-13-17(14-21)19-22-9-4-10-24(19)18-7-11-23(12-8-18)15-16-5-2-1-3-6-16/h1-3,5-6,18,22H,4,7-12,15H2. The van der Waals surface area contributed by atoms with Gasteiger partial charge in [-0.2, -0.15) is 10.5 Å². The number of rotatable bonds is 3. The van der Waals surface area contributed by atoms with Crippen LogP contribution in [0.15, 0.2) is 41.7 Å². The SMILES string of the molecule is N#CC(C#N)=C1NCCCN1C1CCN(Cc2ccccc2)CC1. The molecule has 0 bridgehead atoms. The van der Waals surface area contributed by atoms with Gasteiger partial charge >= 0.3 is 0 Å². The Hall–Kier alpha value is -2.50. The molecular formula is C19H23N5. The van der Waals surface area contributed by atoms with Gasteiger partial charge in [0.1, 0.15) is 18.0 Å². The normalized spacial score (nSPS) is 19.2. The van der Waals surface area contributed by atoms with E-state index >= 15 is 0 Å². The van der Waals surface area contributed by atoms with Crippen molar-refractivity contribution in [3.8, 4) is 12.1 Å². The summed E-state index contributed by atoms with van der Waals surface area (Å²) in [6.45, 7) is 4.87. The van der Waals surface area contributed by atoms with Gasteiger partial charge in [0.15, 0.2) is 5.57 Å². The Bertz CT molecular complexity index is 643. The summed E-state index contributed by atoms with van der Waals surface area (Å²) >= 11 is 0. The summed E-state index contributed by atoms with van der Waals surface area (Å²) in [4.78, 5) is 4.74. The molecule has 0 atom stereocenters. The third-order valence-electron chi connectivity index (χ3n) is 4.86. The zero-order valence-electron chi connectivity index (χ0n) is 13.9. The number of benzene rings is 1. The number of allylic oxidation sites excluding steroid dienone is 1. The van der Waals surface area contributed by atoms with Gasteiger partial charge in [-0.15, -0.1) is 0 Å². The first-order valence-electron chi connectivity index (χ1n) is 8.63. The van der Waals surface area contributed by atoms with Crippen LogP contribution in [-0.2, 0) is 6.54 Å². The third-order valence-corrected chi connectivity index (χ3v) is 4.86. The number of likely N-dealkylation sites (tertiary alicyclic amines) is 1. The minimum Gasteiger partial charge on any atom is -0.370 e. The largest absolute Gasteiger partial charge is 0.370 e. The van der Waals surface area contributed by atoms with Gasteiger partial charge in [0.2, 0.25) is 0 Å². The minimum absolute atomic E-state index is 0.210. The number of hydrogen-bond donors (Lipinski definition) is 1. The van der Waals surface area contributed by atoms with Crippen molar-refractivity contribution in [1.29, 1.82) is 10.5 Å². The summed E-state index contributed by atoms with van der Waals surface area (Å²) in [5, 5.41) is 21.7. The van der Waals surface area contributed by atoms with E-state index in [0.717, 1.165) is 57.8 Å². The Morgan fingerprint density at radius 3 is 2.46 bits per heavy atom. The van der Waals surface area contributed by atoms with Crippen molar-refractivity contribution in [3.63, 3.8) is 0 Å². The van der Waals surface area contributed by atoms with Crippen LogP contribution in [0.2, 0.25) is 0 Å². The van der Waals surface area contributed by atoms with E-state index in [0.29, 0.717) is 6.04 Å². The van der Waals surface area contributed by atoms with Crippen molar-refractivity contribution in [2.75, 3.05) is 26.2 Å². The van der Waals surface area contributed by atoms with Gasteiger partial charge in [0, 0.05) is 38.8 Å². The summed E-state index contributed by atoms with van der Waals surface area (Å²) in [5.74, 6) is 0.743. The highest BCUT2D eigenvalue weighted by atomic mass is 15.3. The fourth-order valence-corrected chi connectivity index (χ4v) is 3.63. The molecule has 2 heterocycles. The lowest BCUT2D eigenvalue weighted by Gasteiger charge is -2.43. The first-order valence-corrected chi connectivity index (χ1v) is 8.63. The zero-order valence-corrected chi connectivity index (χ0v) is 13.9. The van der Waals surface area contributed by atoms with Crippen LogP contribution >= 0.6 is 0 Å². The van der Waals surface area contributed by atoms with E-state index in [2.05, 4.69) is 45.4 Å². The molecule has 2 aliphatic heterocycles. The van der Waals surface area contributed by atoms with Gasteiger partial charge in [-0.1, -0.05) is 30.3 Å². The van der Waals surface area contributed by atoms with Crippen molar-refractivity contribution < 1.29 is 0 Å². The summed E-state index contributed by atoms with van der Waals surface area (Å²) in [6, 6.07) is 15.1. The summed E-state index contributed by atoms with van der Waals surface area (Å²) in [5.41, 5.74) is 1.56. The number of nitriles is 2.